The molecule has 1 aliphatic rings. The van der Waals surface area contributed by atoms with Gasteiger partial charge in [0.1, 0.15) is 17.5 Å². The first-order valence-corrected chi connectivity index (χ1v) is 6.74. The Morgan fingerprint density at radius 3 is 2.40 bits per heavy atom. The molecular formula is C14H18ClNO4. The molecule has 0 bridgehead atoms. The predicted octanol–water partition coefficient (Wildman–Crippen LogP) is 2.72. The lowest BCUT2D eigenvalue weighted by molar-refractivity contribution is -0.142. The molecule has 0 aromatic heterocycles. The Balaban J connectivity index is 2.28. The predicted molar refractivity (Wildman–Crippen MR) is 76.7 cm³/mol. The minimum absolute atomic E-state index is 0.275. The summed E-state index contributed by atoms with van der Waals surface area (Å²) < 4.78 is 15.3. The lowest BCUT2D eigenvalue weighted by atomic mass is 10.1. The molecule has 110 valence electrons. The Morgan fingerprint density at radius 1 is 1.25 bits per heavy atom. The van der Waals surface area contributed by atoms with Crippen LogP contribution < -0.4 is 14.8 Å². The molecular weight excluding hydrogens is 282 g/mol. The third-order valence-electron chi connectivity index (χ3n) is 3.33. The molecule has 1 atom stereocenters. The molecule has 0 heterocycles. The summed E-state index contributed by atoms with van der Waals surface area (Å²) in [5.41, 5.74) is 0.663. The molecule has 0 aliphatic heterocycles. The van der Waals surface area contributed by atoms with Crippen LogP contribution in [0.2, 0.25) is 5.02 Å². The molecule has 1 saturated carbocycles. The first-order valence-electron chi connectivity index (χ1n) is 6.36. The fourth-order valence-corrected chi connectivity index (χ4v) is 2.30. The first-order chi connectivity index (χ1) is 9.60. The lowest BCUT2D eigenvalue weighted by Crippen LogP contribution is -2.32. The average molecular weight is 300 g/mol. The van der Waals surface area contributed by atoms with Gasteiger partial charge in [-0.05, 0) is 18.8 Å². The van der Waals surface area contributed by atoms with Gasteiger partial charge in [0.2, 0.25) is 0 Å². The number of hydrogen-bond donors (Lipinski definition) is 1. The van der Waals surface area contributed by atoms with Crippen LogP contribution in [0.4, 0.5) is 5.69 Å². The molecule has 1 aromatic rings. The van der Waals surface area contributed by atoms with Crippen LogP contribution in [0.25, 0.3) is 0 Å². The van der Waals surface area contributed by atoms with Crippen molar-refractivity contribution < 1.29 is 19.0 Å². The second-order valence-electron chi connectivity index (χ2n) is 4.67. The fraction of sp³-hybridized carbons (Fsp3) is 0.500. The number of carbonyl (C=O) groups is 1. The number of ether oxygens (including phenoxy) is 3. The zero-order valence-electron chi connectivity index (χ0n) is 11.7. The number of hydrogen-bond acceptors (Lipinski definition) is 5. The summed E-state index contributed by atoms with van der Waals surface area (Å²) in [7, 11) is 4.48. The molecule has 0 amide bonds. The van der Waals surface area contributed by atoms with Gasteiger partial charge < -0.3 is 19.5 Å². The summed E-state index contributed by atoms with van der Waals surface area (Å²) in [6.07, 6.45) is 2.03. The molecule has 6 heteroatoms. The molecule has 5 nitrogen and oxygen atoms in total. The summed E-state index contributed by atoms with van der Waals surface area (Å²) in [6, 6.07) is 3.00. The number of rotatable bonds is 6. The van der Waals surface area contributed by atoms with Crippen LogP contribution >= 0.6 is 11.6 Å². The average Bonchev–Trinajstić information content (AvgIpc) is 3.29. The molecule has 20 heavy (non-hydrogen) atoms. The molecule has 1 fully saturated rings. The summed E-state index contributed by atoms with van der Waals surface area (Å²) >= 11 is 6.06. The van der Waals surface area contributed by atoms with E-state index in [2.05, 4.69) is 5.32 Å². The van der Waals surface area contributed by atoms with Gasteiger partial charge in [-0.25, -0.2) is 4.79 Å². The van der Waals surface area contributed by atoms with Crippen LogP contribution in [-0.2, 0) is 9.53 Å². The Bertz CT molecular complexity index is 502. The number of nitrogens with one attached hydrogen (secondary N) is 1. The second kappa shape index (κ2) is 6.22. The van der Waals surface area contributed by atoms with Crippen LogP contribution in [0.1, 0.15) is 12.8 Å². The Kier molecular flexibility index (Phi) is 4.60. The molecule has 1 aromatic carbocycles. The standard InChI is InChI=1S/C14H18ClNO4/c1-18-11-7-10(12(19-2)6-9(11)15)16-13(8-4-5-8)14(17)20-3/h6-8,13,16H,4-5H2,1-3H3. The van der Waals surface area contributed by atoms with Crippen molar-refractivity contribution in [2.24, 2.45) is 5.92 Å². The maximum atomic E-state index is 11.8. The van der Waals surface area contributed by atoms with Gasteiger partial charge in [-0.15, -0.1) is 0 Å². The minimum Gasteiger partial charge on any atom is -0.495 e. The molecule has 1 N–H and O–H groups in total. The maximum absolute atomic E-state index is 11.8. The SMILES string of the molecule is COC(=O)C(Nc1cc(OC)c(Cl)cc1OC)C1CC1. The van der Waals surface area contributed by atoms with Crippen LogP contribution in [-0.4, -0.2) is 33.3 Å². The van der Waals surface area contributed by atoms with Crippen molar-refractivity contribution in [3.05, 3.63) is 17.2 Å². The van der Waals surface area contributed by atoms with Crippen LogP contribution in [0.15, 0.2) is 12.1 Å². The monoisotopic (exact) mass is 299 g/mol. The number of anilines is 1. The zero-order valence-corrected chi connectivity index (χ0v) is 12.5. The first kappa shape index (κ1) is 14.8. The van der Waals surface area contributed by atoms with E-state index in [-0.39, 0.29) is 12.0 Å². The van der Waals surface area contributed by atoms with Gasteiger partial charge in [-0.2, -0.15) is 0 Å². The van der Waals surface area contributed by atoms with E-state index in [0.29, 0.717) is 28.1 Å². The van der Waals surface area contributed by atoms with Crippen molar-refractivity contribution in [2.75, 3.05) is 26.6 Å². The normalized spacial score (nSPS) is 15.4. The van der Waals surface area contributed by atoms with Crippen molar-refractivity contribution >= 4 is 23.3 Å². The molecule has 1 unspecified atom stereocenters. The summed E-state index contributed by atoms with van der Waals surface area (Å²) in [5, 5.41) is 3.63. The van der Waals surface area contributed by atoms with E-state index in [4.69, 9.17) is 25.8 Å². The largest absolute Gasteiger partial charge is 0.495 e. The Hall–Kier alpha value is -1.62. The summed E-state index contributed by atoms with van der Waals surface area (Å²) in [4.78, 5) is 11.8. The summed E-state index contributed by atoms with van der Waals surface area (Å²) in [5.74, 6) is 1.11. The second-order valence-corrected chi connectivity index (χ2v) is 5.08. The van der Waals surface area contributed by atoms with Gasteiger partial charge in [0.15, 0.2) is 0 Å². The number of carbonyl (C=O) groups excluding carboxylic acids is 1. The van der Waals surface area contributed by atoms with E-state index in [1.165, 1.54) is 14.2 Å². The maximum Gasteiger partial charge on any atom is 0.328 e. The van der Waals surface area contributed by atoms with Crippen molar-refractivity contribution in [3.8, 4) is 11.5 Å². The third-order valence-corrected chi connectivity index (χ3v) is 3.63. The highest BCUT2D eigenvalue weighted by atomic mass is 35.5. The van der Waals surface area contributed by atoms with Gasteiger partial charge >= 0.3 is 5.97 Å². The minimum atomic E-state index is -0.375. The molecule has 2 rings (SSSR count). The van der Waals surface area contributed by atoms with Crippen molar-refractivity contribution in [3.63, 3.8) is 0 Å². The molecule has 0 radical (unpaired) electrons. The molecule has 0 saturated heterocycles. The topological polar surface area (TPSA) is 56.8 Å². The van der Waals surface area contributed by atoms with Crippen LogP contribution in [0, 0.1) is 5.92 Å². The molecule has 1 aliphatic carbocycles. The van der Waals surface area contributed by atoms with Gasteiger partial charge in [-0.1, -0.05) is 11.6 Å². The van der Waals surface area contributed by atoms with Gasteiger partial charge in [0.05, 0.1) is 32.0 Å². The van der Waals surface area contributed by atoms with Crippen LogP contribution in [0.5, 0.6) is 11.5 Å². The van der Waals surface area contributed by atoms with Crippen molar-refractivity contribution in [1.29, 1.82) is 0 Å². The number of halogens is 1. The highest BCUT2D eigenvalue weighted by Crippen LogP contribution is 2.39. The van der Waals surface area contributed by atoms with Crippen LogP contribution in [0.3, 0.4) is 0 Å². The van der Waals surface area contributed by atoms with Gasteiger partial charge in [-0.3, -0.25) is 0 Å². The van der Waals surface area contributed by atoms with E-state index in [1.54, 1.807) is 19.2 Å². The van der Waals surface area contributed by atoms with E-state index >= 15 is 0 Å². The fourth-order valence-electron chi connectivity index (χ4n) is 2.07. The molecule has 0 spiro atoms. The Labute approximate surface area is 123 Å². The van der Waals surface area contributed by atoms with E-state index in [1.807, 2.05) is 0 Å². The number of methoxy groups -OCH3 is 3. The Morgan fingerprint density at radius 2 is 1.90 bits per heavy atom. The lowest BCUT2D eigenvalue weighted by Gasteiger charge is -2.20. The van der Waals surface area contributed by atoms with Gasteiger partial charge in [0, 0.05) is 12.1 Å². The van der Waals surface area contributed by atoms with Crippen molar-refractivity contribution in [1.82, 2.24) is 0 Å². The summed E-state index contributed by atoms with van der Waals surface area (Å²) in [6.45, 7) is 0. The smallest absolute Gasteiger partial charge is 0.328 e. The van der Waals surface area contributed by atoms with E-state index < -0.39 is 0 Å². The highest BCUT2D eigenvalue weighted by molar-refractivity contribution is 6.32. The number of esters is 1. The third kappa shape index (κ3) is 3.10. The quantitative estimate of drug-likeness (QED) is 0.819. The van der Waals surface area contributed by atoms with Gasteiger partial charge in [0.25, 0.3) is 0 Å². The number of benzene rings is 1. The van der Waals surface area contributed by atoms with Crippen molar-refractivity contribution in [2.45, 2.75) is 18.9 Å². The van der Waals surface area contributed by atoms with E-state index in [0.717, 1.165) is 12.8 Å². The van der Waals surface area contributed by atoms with E-state index in [9.17, 15) is 4.79 Å². The highest BCUT2D eigenvalue weighted by Gasteiger charge is 2.37. The zero-order chi connectivity index (χ0) is 14.7.